The van der Waals surface area contributed by atoms with Crippen LogP contribution in [0.15, 0.2) is 0 Å². The summed E-state index contributed by atoms with van der Waals surface area (Å²) in [5.41, 5.74) is 0. The van der Waals surface area contributed by atoms with Crippen molar-refractivity contribution in [3.05, 3.63) is 0 Å². The SMILES string of the molecule is CCCOCCOCCO.CCCOCCOCCO. The molecule has 0 saturated carbocycles. The summed E-state index contributed by atoms with van der Waals surface area (Å²) in [7, 11) is 0. The van der Waals surface area contributed by atoms with Crippen molar-refractivity contribution in [3.63, 3.8) is 0 Å². The molecule has 0 heterocycles. The van der Waals surface area contributed by atoms with Gasteiger partial charge in [0, 0.05) is 13.2 Å². The molecule has 0 aliphatic carbocycles. The van der Waals surface area contributed by atoms with E-state index in [1.54, 1.807) is 0 Å². The summed E-state index contributed by atoms with van der Waals surface area (Å²) in [6.07, 6.45) is 2.08. The van der Waals surface area contributed by atoms with Crippen LogP contribution in [0.25, 0.3) is 0 Å². The predicted octanol–water partition coefficient (Wildman–Crippen LogP) is 0.844. The molecule has 0 bridgehead atoms. The van der Waals surface area contributed by atoms with E-state index in [2.05, 4.69) is 13.8 Å². The Bertz CT molecular complexity index is 114. The van der Waals surface area contributed by atoms with Gasteiger partial charge in [-0.05, 0) is 12.8 Å². The van der Waals surface area contributed by atoms with Gasteiger partial charge < -0.3 is 29.2 Å². The molecule has 0 amide bonds. The summed E-state index contributed by atoms with van der Waals surface area (Å²) in [5, 5.41) is 16.6. The van der Waals surface area contributed by atoms with Crippen molar-refractivity contribution in [1.29, 1.82) is 0 Å². The Morgan fingerprint density at radius 2 is 0.800 bits per heavy atom. The monoisotopic (exact) mass is 296 g/mol. The fourth-order valence-corrected chi connectivity index (χ4v) is 1.06. The minimum atomic E-state index is 0.0910. The molecule has 0 unspecified atom stereocenters. The summed E-state index contributed by atoms with van der Waals surface area (Å²) >= 11 is 0. The van der Waals surface area contributed by atoms with Crippen LogP contribution in [0.1, 0.15) is 26.7 Å². The van der Waals surface area contributed by atoms with E-state index >= 15 is 0 Å². The Kier molecular flexibility index (Phi) is 26.3. The summed E-state index contributed by atoms with van der Waals surface area (Å²) in [5.74, 6) is 0. The fraction of sp³-hybridized carbons (Fsp3) is 1.00. The molecule has 0 aromatic carbocycles. The molecule has 2 N–H and O–H groups in total. The average molecular weight is 296 g/mol. The van der Waals surface area contributed by atoms with Gasteiger partial charge in [0.1, 0.15) is 0 Å². The molecule has 0 fully saturated rings. The topological polar surface area (TPSA) is 77.4 Å². The minimum absolute atomic E-state index is 0.0910. The Balaban J connectivity index is 0. The van der Waals surface area contributed by atoms with Gasteiger partial charge >= 0.3 is 0 Å². The molecule has 0 aliphatic rings. The first-order valence-electron chi connectivity index (χ1n) is 7.36. The van der Waals surface area contributed by atoms with Gasteiger partial charge in [0.2, 0.25) is 0 Å². The van der Waals surface area contributed by atoms with Gasteiger partial charge in [-0.15, -0.1) is 0 Å². The van der Waals surface area contributed by atoms with Crippen molar-refractivity contribution in [2.45, 2.75) is 26.7 Å². The lowest BCUT2D eigenvalue weighted by atomic mass is 10.5. The lowest BCUT2D eigenvalue weighted by Crippen LogP contribution is -2.07. The number of rotatable bonds is 14. The van der Waals surface area contributed by atoms with Crippen LogP contribution in [0.2, 0.25) is 0 Å². The fourth-order valence-electron chi connectivity index (χ4n) is 1.06. The zero-order valence-electron chi connectivity index (χ0n) is 13.0. The Morgan fingerprint density at radius 1 is 0.500 bits per heavy atom. The molecule has 0 spiro atoms. The summed E-state index contributed by atoms with van der Waals surface area (Å²) in [4.78, 5) is 0. The van der Waals surface area contributed by atoms with Crippen LogP contribution >= 0.6 is 0 Å². The zero-order chi connectivity index (χ0) is 15.3. The maximum Gasteiger partial charge on any atom is 0.0701 e. The molecule has 0 atom stereocenters. The van der Waals surface area contributed by atoms with Crippen LogP contribution in [-0.2, 0) is 18.9 Å². The third-order valence-corrected chi connectivity index (χ3v) is 1.91. The van der Waals surface area contributed by atoms with Gasteiger partial charge in [-0.25, -0.2) is 0 Å². The number of hydrogen-bond donors (Lipinski definition) is 2. The zero-order valence-corrected chi connectivity index (χ0v) is 13.0. The molecule has 0 aromatic rings. The van der Waals surface area contributed by atoms with E-state index in [1.165, 1.54) is 0 Å². The van der Waals surface area contributed by atoms with E-state index in [9.17, 15) is 0 Å². The summed E-state index contributed by atoms with van der Waals surface area (Å²) < 4.78 is 20.2. The first kappa shape index (κ1) is 22.0. The van der Waals surface area contributed by atoms with Crippen molar-refractivity contribution in [1.82, 2.24) is 0 Å². The van der Waals surface area contributed by atoms with Crippen molar-refractivity contribution >= 4 is 0 Å². The third-order valence-electron chi connectivity index (χ3n) is 1.91. The standard InChI is InChI=1S/2C7H16O3/c2*1-2-4-9-6-7-10-5-3-8/h2*8H,2-7H2,1H3. The molecule has 0 aromatic heterocycles. The van der Waals surface area contributed by atoms with Gasteiger partial charge in [-0.3, -0.25) is 0 Å². The number of aliphatic hydroxyl groups excluding tert-OH is 2. The molecule has 0 rings (SSSR count). The van der Waals surface area contributed by atoms with E-state index in [4.69, 9.17) is 29.2 Å². The molecular formula is C14H32O6. The van der Waals surface area contributed by atoms with E-state index in [1.807, 2.05) is 0 Å². The third kappa shape index (κ3) is 26.3. The highest BCUT2D eigenvalue weighted by molar-refractivity contribution is 4.31. The number of ether oxygens (including phenoxy) is 4. The first-order valence-corrected chi connectivity index (χ1v) is 7.36. The molecular weight excluding hydrogens is 264 g/mol. The minimum Gasteiger partial charge on any atom is -0.394 e. The van der Waals surface area contributed by atoms with E-state index in [0.717, 1.165) is 26.1 Å². The van der Waals surface area contributed by atoms with Crippen molar-refractivity contribution in [2.75, 3.05) is 66.1 Å². The van der Waals surface area contributed by atoms with Crippen LogP contribution in [0.3, 0.4) is 0 Å². The van der Waals surface area contributed by atoms with Crippen molar-refractivity contribution in [2.24, 2.45) is 0 Å². The molecule has 6 nitrogen and oxygen atoms in total. The van der Waals surface area contributed by atoms with Crippen LogP contribution in [-0.4, -0.2) is 76.3 Å². The molecule has 6 heteroatoms. The molecule has 20 heavy (non-hydrogen) atoms. The quantitative estimate of drug-likeness (QED) is 0.463. The lowest BCUT2D eigenvalue weighted by Gasteiger charge is -2.02. The highest BCUT2D eigenvalue weighted by Gasteiger charge is 1.87. The normalized spacial score (nSPS) is 10.2. The van der Waals surface area contributed by atoms with Gasteiger partial charge in [0.15, 0.2) is 0 Å². The lowest BCUT2D eigenvalue weighted by molar-refractivity contribution is 0.0333. The summed E-state index contributed by atoms with van der Waals surface area (Å²) in [6.45, 7) is 9.16. The van der Waals surface area contributed by atoms with E-state index in [-0.39, 0.29) is 13.2 Å². The van der Waals surface area contributed by atoms with Crippen molar-refractivity contribution in [3.8, 4) is 0 Å². The Morgan fingerprint density at radius 3 is 1.05 bits per heavy atom. The van der Waals surface area contributed by atoms with Gasteiger partial charge in [-0.2, -0.15) is 0 Å². The van der Waals surface area contributed by atoms with Crippen LogP contribution < -0.4 is 0 Å². The second kappa shape index (κ2) is 23.8. The first-order chi connectivity index (χ1) is 9.83. The van der Waals surface area contributed by atoms with Crippen LogP contribution in [0.5, 0.6) is 0 Å². The maximum atomic E-state index is 8.30. The number of aliphatic hydroxyl groups is 2. The highest BCUT2D eigenvalue weighted by Crippen LogP contribution is 1.81. The second-order valence-corrected chi connectivity index (χ2v) is 3.90. The molecule has 124 valence electrons. The highest BCUT2D eigenvalue weighted by atomic mass is 16.5. The Labute approximate surface area is 123 Å². The molecule has 0 radical (unpaired) electrons. The van der Waals surface area contributed by atoms with Crippen molar-refractivity contribution < 1.29 is 29.2 Å². The van der Waals surface area contributed by atoms with Crippen LogP contribution in [0.4, 0.5) is 0 Å². The van der Waals surface area contributed by atoms with Gasteiger partial charge in [0.05, 0.1) is 52.9 Å². The van der Waals surface area contributed by atoms with Crippen LogP contribution in [0, 0.1) is 0 Å². The van der Waals surface area contributed by atoms with Gasteiger partial charge in [0.25, 0.3) is 0 Å². The maximum absolute atomic E-state index is 8.30. The van der Waals surface area contributed by atoms with E-state index < -0.39 is 0 Å². The summed E-state index contributed by atoms with van der Waals surface area (Å²) in [6, 6.07) is 0. The van der Waals surface area contributed by atoms with Gasteiger partial charge in [-0.1, -0.05) is 13.8 Å². The number of hydrogen-bond acceptors (Lipinski definition) is 6. The average Bonchev–Trinajstić information content (AvgIpc) is 2.47. The molecule has 0 aliphatic heterocycles. The molecule has 0 saturated heterocycles. The second-order valence-electron chi connectivity index (χ2n) is 3.90. The predicted molar refractivity (Wildman–Crippen MR) is 78.0 cm³/mol. The van der Waals surface area contributed by atoms with E-state index in [0.29, 0.717) is 39.6 Å². The largest absolute Gasteiger partial charge is 0.394 e. The smallest absolute Gasteiger partial charge is 0.0701 e. The Hall–Kier alpha value is -0.240.